The van der Waals surface area contributed by atoms with Crippen LogP contribution in [0.4, 0.5) is 0 Å². The number of hydrogen-bond acceptors (Lipinski definition) is 6. The van der Waals surface area contributed by atoms with E-state index in [9.17, 15) is 9.90 Å². The number of rotatable bonds is 6. The Bertz CT molecular complexity index is 1110. The van der Waals surface area contributed by atoms with Crippen LogP contribution in [0.25, 0.3) is 15.9 Å². The van der Waals surface area contributed by atoms with Gasteiger partial charge in [0.25, 0.3) is 5.56 Å². The van der Waals surface area contributed by atoms with Crippen molar-refractivity contribution in [1.82, 2.24) is 14.5 Å². The summed E-state index contributed by atoms with van der Waals surface area (Å²) >= 11 is 1.34. The highest BCUT2D eigenvalue weighted by Crippen LogP contribution is 2.36. The van der Waals surface area contributed by atoms with E-state index in [1.807, 2.05) is 37.3 Å². The summed E-state index contributed by atoms with van der Waals surface area (Å²) in [6.07, 6.45) is 7.58. The minimum absolute atomic E-state index is 0.106. The summed E-state index contributed by atoms with van der Waals surface area (Å²) in [7, 11) is 2.23. The van der Waals surface area contributed by atoms with Gasteiger partial charge in [-0.25, -0.2) is 4.98 Å². The van der Waals surface area contributed by atoms with Crippen LogP contribution in [0.15, 0.2) is 41.5 Å². The molecule has 0 spiro atoms. The molecule has 3 aromatic rings. The maximum absolute atomic E-state index is 13.1. The van der Waals surface area contributed by atoms with Gasteiger partial charge in [0.2, 0.25) is 0 Å². The van der Waals surface area contributed by atoms with Gasteiger partial charge in [0.1, 0.15) is 22.9 Å². The number of nitrogens with zero attached hydrogens (tertiary/aromatic N) is 3. The molecular weight excluding hydrogens is 410 g/mol. The summed E-state index contributed by atoms with van der Waals surface area (Å²) in [5.74, 6) is 0.848. The lowest BCUT2D eigenvalue weighted by Gasteiger charge is -2.36. The van der Waals surface area contributed by atoms with Crippen LogP contribution in [-0.4, -0.2) is 44.8 Å². The second-order valence-corrected chi connectivity index (χ2v) is 9.93. The maximum atomic E-state index is 13.1. The molecule has 2 bridgehead atoms. The lowest BCUT2D eigenvalue weighted by Crippen LogP contribution is -2.43. The Kier molecular flexibility index (Phi) is 5.58. The molecule has 7 heteroatoms. The average molecular weight is 440 g/mol. The van der Waals surface area contributed by atoms with Crippen molar-refractivity contribution in [2.45, 2.75) is 69.7 Å². The van der Waals surface area contributed by atoms with Crippen molar-refractivity contribution in [1.29, 1.82) is 0 Å². The minimum Gasteiger partial charge on any atom is -0.490 e. The molecule has 0 amide bonds. The van der Waals surface area contributed by atoms with E-state index in [-0.39, 0.29) is 11.7 Å². The fourth-order valence-electron chi connectivity index (χ4n) is 5.03. The number of aliphatic hydroxyl groups is 1. The molecule has 4 atom stereocenters. The molecule has 2 aliphatic rings. The van der Waals surface area contributed by atoms with Crippen LogP contribution < -0.4 is 10.3 Å². The van der Waals surface area contributed by atoms with Crippen LogP contribution in [-0.2, 0) is 0 Å². The fourth-order valence-corrected chi connectivity index (χ4v) is 6.09. The predicted molar refractivity (Wildman–Crippen MR) is 123 cm³/mol. The maximum Gasteiger partial charge on any atom is 0.275 e. The number of fused-ring (bicyclic) bond motifs is 3. The van der Waals surface area contributed by atoms with Crippen LogP contribution in [0, 0.1) is 0 Å². The molecular formula is C24H29N3O3S. The number of hydrogen-bond donors (Lipinski definition) is 1. The molecule has 1 unspecified atom stereocenters. The standard InChI is InChI=1S/C24H29N3O3S/c1-3-4-21(28)22-13-20-23(31-22)24(29)27(14-25-20)15-7-9-18(10-8-15)30-19-11-16-5-6-17(12-19)26(16)2/h7-10,13-14,16-17,19,21,28H,3-6,11-12H2,1-2H3/t16-,17+,19+,21?. The first-order valence-corrected chi connectivity index (χ1v) is 12.0. The van der Waals surface area contributed by atoms with E-state index in [0.29, 0.717) is 28.7 Å². The molecule has 31 heavy (non-hydrogen) atoms. The average Bonchev–Trinajstić information content (AvgIpc) is 3.27. The Morgan fingerprint density at radius 1 is 1.23 bits per heavy atom. The first-order valence-electron chi connectivity index (χ1n) is 11.2. The number of aliphatic hydroxyl groups excluding tert-OH is 1. The fraction of sp³-hybridized carbons (Fsp3) is 0.500. The molecule has 1 aromatic carbocycles. The van der Waals surface area contributed by atoms with E-state index >= 15 is 0 Å². The van der Waals surface area contributed by atoms with E-state index in [1.54, 1.807) is 10.9 Å². The van der Waals surface area contributed by atoms with Gasteiger partial charge in [0.15, 0.2) is 0 Å². The first-order chi connectivity index (χ1) is 15.0. The Balaban J connectivity index is 1.34. The van der Waals surface area contributed by atoms with Crippen molar-refractivity contribution in [3.8, 4) is 11.4 Å². The van der Waals surface area contributed by atoms with Gasteiger partial charge in [-0.2, -0.15) is 0 Å². The molecule has 0 aliphatic carbocycles. The van der Waals surface area contributed by atoms with Gasteiger partial charge in [-0.1, -0.05) is 13.3 Å². The molecule has 0 saturated carbocycles. The third kappa shape index (κ3) is 3.90. The molecule has 0 radical (unpaired) electrons. The third-order valence-corrected chi connectivity index (χ3v) is 8.03. The number of benzene rings is 1. The van der Waals surface area contributed by atoms with Crippen molar-refractivity contribution >= 4 is 21.6 Å². The van der Waals surface area contributed by atoms with Crippen molar-refractivity contribution in [3.63, 3.8) is 0 Å². The van der Waals surface area contributed by atoms with Gasteiger partial charge in [-0.05, 0) is 69.5 Å². The van der Waals surface area contributed by atoms with Crippen LogP contribution in [0.5, 0.6) is 5.75 Å². The summed E-state index contributed by atoms with van der Waals surface area (Å²) in [5, 5.41) is 10.3. The van der Waals surface area contributed by atoms with Gasteiger partial charge in [-0.3, -0.25) is 9.36 Å². The van der Waals surface area contributed by atoms with Gasteiger partial charge >= 0.3 is 0 Å². The van der Waals surface area contributed by atoms with E-state index in [1.165, 1.54) is 24.2 Å². The molecule has 2 saturated heterocycles. The molecule has 2 fully saturated rings. The van der Waals surface area contributed by atoms with Crippen molar-refractivity contribution < 1.29 is 9.84 Å². The van der Waals surface area contributed by atoms with Crippen molar-refractivity contribution in [3.05, 3.63) is 51.9 Å². The van der Waals surface area contributed by atoms with Crippen molar-refractivity contribution in [2.24, 2.45) is 0 Å². The number of ether oxygens (including phenoxy) is 1. The first kappa shape index (κ1) is 20.7. The van der Waals surface area contributed by atoms with Crippen LogP contribution in [0.3, 0.4) is 0 Å². The summed E-state index contributed by atoms with van der Waals surface area (Å²) in [6.45, 7) is 2.03. The number of thiophene rings is 1. The molecule has 1 N–H and O–H groups in total. The predicted octanol–water partition coefficient (Wildman–Crippen LogP) is 4.28. The summed E-state index contributed by atoms with van der Waals surface area (Å²) in [4.78, 5) is 20.8. The zero-order valence-electron chi connectivity index (χ0n) is 18.0. The van der Waals surface area contributed by atoms with Crippen LogP contribution >= 0.6 is 11.3 Å². The van der Waals surface area contributed by atoms with Gasteiger partial charge in [-0.15, -0.1) is 11.3 Å². The van der Waals surface area contributed by atoms with E-state index in [0.717, 1.165) is 35.6 Å². The number of piperidine rings is 1. The largest absolute Gasteiger partial charge is 0.490 e. The Hall–Kier alpha value is -2.22. The molecule has 2 aliphatic heterocycles. The topological polar surface area (TPSA) is 67.6 Å². The Morgan fingerprint density at radius 3 is 2.61 bits per heavy atom. The van der Waals surface area contributed by atoms with Gasteiger partial charge < -0.3 is 14.7 Å². The molecule has 2 aromatic heterocycles. The van der Waals surface area contributed by atoms with E-state index in [2.05, 4.69) is 16.9 Å². The summed E-state index contributed by atoms with van der Waals surface area (Å²) < 4.78 is 8.42. The molecule has 5 rings (SSSR count). The summed E-state index contributed by atoms with van der Waals surface area (Å²) in [6, 6.07) is 10.8. The van der Waals surface area contributed by atoms with Crippen LogP contribution in [0.2, 0.25) is 0 Å². The highest BCUT2D eigenvalue weighted by molar-refractivity contribution is 7.19. The van der Waals surface area contributed by atoms with Crippen LogP contribution in [0.1, 0.15) is 56.4 Å². The smallest absolute Gasteiger partial charge is 0.275 e. The Morgan fingerprint density at radius 2 is 1.94 bits per heavy atom. The number of aromatic nitrogens is 2. The highest BCUT2D eigenvalue weighted by Gasteiger charge is 2.39. The van der Waals surface area contributed by atoms with Crippen molar-refractivity contribution in [2.75, 3.05) is 7.05 Å². The lowest BCUT2D eigenvalue weighted by molar-refractivity contribution is 0.0662. The highest BCUT2D eigenvalue weighted by atomic mass is 32.1. The third-order valence-electron chi connectivity index (χ3n) is 6.82. The lowest BCUT2D eigenvalue weighted by atomic mass is 10.0. The SMILES string of the molecule is CCCC(O)c1cc2ncn(-c3ccc(O[C@H]4C[C@H]5CC[C@@H](C4)N5C)cc3)c(=O)c2s1. The second-order valence-electron chi connectivity index (χ2n) is 8.84. The Labute approximate surface area is 186 Å². The molecule has 4 heterocycles. The summed E-state index contributed by atoms with van der Waals surface area (Å²) in [5.41, 5.74) is 1.30. The van der Waals surface area contributed by atoms with Gasteiger partial charge in [0.05, 0.1) is 17.3 Å². The normalized spacial score (nSPS) is 24.5. The molecule has 6 nitrogen and oxygen atoms in total. The quantitative estimate of drug-likeness (QED) is 0.621. The monoisotopic (exact) mass is 439 g/mol. The second kappa shape index (κ2) is 8.37. The molecule has 164 valence electrons. The zero-order valence-corrected chi connectivity index (χ0v) is 18.8. The zero-order chi connectivity index (χ0) is 21.5. The minimum atomic E-state index is -0.539. The van der Waals surface area contributed by atoms with E-state index < -0.39 is 6.10 Å². The van der Waals surface area contributed by atoms with E-state index in [4.69, 9.17) is 4.74 Å². The van der Waals surface area contributed by atoms with Gasteiger partial charge in [0, 0.05) is 17.0 Å².